The van der Waals surface area contributed by atoms with Crippen LogP contribution in [0, 0.1) is 0 Å². The van der Waals surface area contributed by atoms with Crippen LogP contribution in [0.15, 0.2) is 45.5 Å². The molecule has 1 aromatic carbocycles. The number of benzene rings is 1. The second kappa shape index (κ2) is 7.32. The average molecular weight is 381 g/mol. The van der Waals surface area contributed by atoms with Gasteiger partial charge in [-0.15, -0.1) is 0 Å². The van der Waals surface area contributed by atoms with Crippen molar-refractivity contribution in [1.29, 1.82) is 0 Å². The molecule has 0 unspecified atom stereocenters. The minimum Gasteiger partial charge on any atom is -0.447 e. The van der Waals surface area contributed by atoms with Crippen molar-refractivity contribution in [3.8, 4) is 0 Å². The number of hydrogen-bond acceptors (Lipinski definition) is 5. The van der Waals surface area contributed by atoms with Gasteiger partial charge < -0.3 is 19.4 Å². The summed E-state index contributed by atoms with van der Waals surface area (Å²) in [5, 5.41) is 2.70. The molecule has 1 N–H and O–H groups in total. The lowest BCUT2D eigenvalue weighted by Gasteiger charge is -2.15. The first-order valence-corrected chi connectivity index (χ1v) is 7.70. The molecule has 6 nitrogen and oxygen atoms in total. The smallest absolute Gasteiger partial charge is 0.375 e. The molecule has 7 heteroatoms. The van der Waals surface area contributed by atoms with Crippen LogP contribution in [0.1, 0.15) is 17.5 Å². The van der Waals surface area contributed by atoms with E-state index in [2.05, 4.69) is 21.2 Å². The molecule has 0 saturated carbocycles. The zero-order valence-corrected chi connectivity index (χ0v) is 14.6. The molecular formula is C16H17BrN2O4. The number of amides is 1. The van der Waals surface area contributed by atoms with Crippen LogP contribution in [0.3, 0.4) is 0 Å². The molecule has 1 atom stereocenters. The minimum atomic E-state index is -0.945. The molecule has 23 heavy (non-hydrogen) atoms. The first kappa shape index (κ1) is 17.1. The van der Waals surface area contributed by atoms with Gasteiger partial charge in [0.2, 0.25) is 5.76 Å². The van der Waals surface area contributed by atoms with Gasteiger partial charge in [-0.25, -0.2) is 4.79 Å². The maximum absolute atomic E-state index is 12.1. The maximum atomic E-state index is 12.1. The topological polar surface area (TPSA) is 71.8 Å². The Morgan fingerprint density at radius 2 is 1.83 bits per heavy atom. The van der Waals surface area contributed by atoms with Gasteiger partial charge >= 0.3 is 5.97 Å². The van der Waals surface area contributed by atoms with Crippen molar-refractivity contribution in [1.82, 2.24) is 0 Å². The van der Waals surface area contributed by atoms with E-state index in [9.17, 15) is 9.59 Å². The summed E-state index contributed by atoms with van der Waals surface area (Å²) in [5.74, 6) is -1.07. The number of hydrogen-bond donors (Lipinski definition) is 1. The van der Waals surface area contributed by atoms with Gasteiger partial charge in [0.05, 0.1) is 0 Å². The van der Waals surface area contributed by atoms with E-state index in [1.165, 1.54) is 13.0 Å². The number of rotatable bonds is 5. The number of carbonyl (C=O) groups is 2. The third-order valence-corrected chi connectivity index (χ3v) is 3.50. The molecule has 1 heterocycles. The van der Waals surface area contributed by atoms with E-state index in [1.807, 2.05) is 31.1 Å². The molecule has 0 bridgehead atoms. The zero-order valence-electron chi connectivity index (χ0n) is 13.0. The van der Waals surface area contributed by atoms with Crippen molar-refractivity contribution < 1.29 is 18.7 Å². The summed E-state index contributed by atoms with van der Waals surface area (Å²) in [6.07, 6.45) is -0.945. The quantitative estimate of drug-likeness (QED) is 0.805. The minimum absolute atomic E-state index is 0.0341. The number of nitrogens with zero attached hydrogens (tertiary/aromatic N) is 1. The van der Waals surface area contributed by atoms with Crippen molar-refractivity contribution in [3.63, 3.8) is 0 Å². The van der Waals surface area contributed by atoms with E-state index in [-0.39, 0.29) is 5.76 Å². The predicted octanol–water partition coefficient (Wildman–Crippen LogP) is 3.29. The Kier molecular flexibility index (Phi) is 5.44. The summed E-state index contributed by atoms with van der Waals surface area (Å²) in [4.78, 5) is 25.8. The molecule has 0 saturated heterocycles. The highest BCUT2D eigenvalue weighted by Gasteiger charge is 2.21. The number of anilines is 2. The molecule has 1 aromatic heterocycles. The van der Waals surface area contributed by atoms with E-state index < -0.39 is 18.0 Å². The van der Waals surface area contributed by atoms with Crippen LogP contribution in [0.4, 0.5) is 11.4 Å². The van der Waals surface area contributed by atoms with Crippen molar-refractivity contribution in [2.75, 3.05) is 24.3 Å². The molecule has 1 amide bonds. The van der Waals surface area contributed by atoms with E-state index in [4.69, 9.17) is 9.15 Å². The van der Waals surface area contributed by atoms with E-state index in [1.54, 1.807) is 18.2 Å². The Morgan fingerprint density at radius 1 is 1.17 bits per heavy atom. The molecule has 2 aromatic rings. The highest BCUT2D eigenvalue weighted by molar-refractivity contribution is 9.10. The third kappa shape index (κ3) is 4.59. The first-order valence-electron chi connectivity index (χ1n) is 6.91. The number of carbonyl (C=O) groups excluding carboxylic acids is 2. The van der Waals surface area contributed by atoms with Crippen LogP contribution in [0.5, 0.6) is 0 Å². The maximum Gasteiger partial charge on any atom is 0.375 e. The van der Waals surface area contributed by atoms with Crippen LogP contribution in [-0.2, 0) is 9.53 Å². The van der Waals surface area contributed by atoms with Gasteiger partial charge in [0.1, 0.15) is 0 Å². The second-order valence-electron chi connectivity index (χ2n) is 5.08. The molecule has 0 spiro atoms. The number of esters is 1. The van der Waals surface area contributed by atoms with Gasteiger partial charge in [0.15, 0.2) is 10.8 Å². The van der Waals surface area contributed by atoms with Crippen LogP contribution in [-0.4, -0.2) is 32.1 Å². The fourth-order valence-electron chi connectivity index (χ4n) is 1.78. The Balaban J connectivity index is 1.93. The lowest BCUT2D eigenvalue weighted by molar-refractivity contribution is -0.123. The normalized spacial score (nSPS) is 11.7. The summed E-state index contributed by atoms with van der Waals surface area (Å²) in [6.45, 7) is 1.50. The highest BCUT2D eigenvalue weighted by Crippen LogP contribution is 2.17. The molecule has 0 aliphatic rings. The molecule has 0 aliphatic heterocycles. The van der Waals surface area contributed by atoms with E-state index >= 15 is 0 Å². The van der Waals surface area contributed by atoms with Gasteiger partial charge in [-0.1, -0.05) is 0 Å². The summed E-state index contributed by atoms with van der Waals surface area (Å²) < 4.78 is 10.6. The summed E-state index contributed by atoms with van der Waals surface area (Å²) in [5.41, 5.74) is 1.65. The molecule has 0 aliphatic carbocycles. The lowest BCUT2D eigenvalue weighted by Crippen LogP contribution is -2.29. The molecule has 0 radical (unpaired) electrons. The zero-order chi connectivity index (χ0) is 17.0. The summed E-state index contributed by atoms with van der Waals surface area (Å²) in [7, 11) is 3.87. The van der Waals surface area contributed by atoms with Crippen molar-refractivity contribution >= 4 is 39.2 Å². The number of ether oxygens (including phenoxy) is 1. The van der Waals surface area contributed by atoms with Gasteiger partial charge in [0, 0.05) is 25.5 Å². The Hall–Kier alpha value is -2.28. The molecule has 122 valence electrons. The van der Waals surface area contributed by atoms with Crippen molar-refractivity contribution in [2.24, 2.45) is 0 Å². The highest BCUT2D eigenvalue weighted by atomic mass is 79.9. The molecule has 2 rings (SSSR count). The Labute approximate surface area is 142 Å². The van der Waals surface area contributed by atoms with Crippen LogP contribution in [0.2, 0.25) is 0 Å². The average Bonchev–Trinajstić information content (AvgIpc) is 2.94. The number of furan rings is 1. The monoisotopic (exact) mass is 380 g/mol. The van der Waals surface area contributed by atoms with Gasteiger partial charge in [-0.3, -0.25) is 4.79 Å². The van der Waals surface area contributed by atoms with E-state index in [0.29, 0.717) is 10.4 Å². The van der Waals surface area contributed by atoms with Crippen LogP contribution >= 0.6 is 15.9 Å². The third-order valence-electron chi connectivity index (χ3n) is 3.08. The second-order valence-corrected chi connectivity index (χ2v) is 5.86. The largest absolute Gasteiger partial charge is 0.447 e. The first-order chi connectivity index (χ1) is 10.9. The number of nitrogens with one attached hydrogen (secondary N) is 1. The summed E-state index contributed by atoms with van der Waals surface area (Å²) in [6, 6.07) is 10.4. The van der Waals surface area contributed by atoms with Gasteiger partial charge in [0.25, 0.3) is 5.91 Å². The van der Waals surface area contributed by atoms with Crippen LogP contribution < -0.4 is 10.2 Å². The molecular weight excluding hydrogens is 364 g/mol. The standard InChI is InChI=1S/C16H17BrN2O4/c1-10(22-16(21)13-8-9-14(17)23-13)15(20)18-11-4-6-12(7-5-11)19(2)3/h4-10H,1-3H3,(H,18,20)/t10-/m1/s1. The van der Waals surface area contributed by atoms with Crippen LogP contribution in [0.25, 0.3) is 0 Å². The van der Waals surface area contributed by atoms with Gasteiger partial charge in [-0.2, -0.15) is 0 Å². The number of halogens is 1. The van der Waals surface area contributed by atoms with Gasteiger partial charge in [-0.05, 0) is 59.3 Å². The molecule has 0 fully saturated rings. The fourth-order valence-corrected chi connectivity index (χ4v) is 2.09. The Morgan fingerprint density at radius 3 is 2.35 bits per heavy atom. The SMILES string of the molecule is C[C@@H](OC(=O)c1ccc(Br)o1)C(=O)Nc1ccc(N(C)C)cc1. The summed E-state index contributed by atoms with van der Waals surface area (Å²) >= 11 is 3.10. The lowest BCUT2D eigenvalue weighted by atomic mass is 10.2. The predicted molar refractivity (Wildman–Crippen MR) is 90.7 cm³/mol. The van der Waals surface area contributed by atoms with Crippen molar-refractivity contribution in [2.45, 2.75) is 13.0 Å². The van der Waals surface area contributed by atoms with Crippen molar-refractivity contribution in [3.05, 3.63) is 46.8 Å². The van der Waals surface area contributed by atoms with E-state index in [0.717, 1.165) is 5.69 Å². The fraction of sp³-hybridized carbons (Fsp3) is 0.250. The Bertz CT molecular complexity index is 694.